The lowest BCUT2D eigenvalue weighted by Gasteiger charge is -2.21. The zero-order chi connectivity index (χ0) is 70.5. The average molecular weight is 1410 g/mol. The molecule has 0 aliphatic carbocycles. The van der Waals surface area contributed by atoms with E-state index in [0.29, 0.717) is 25.7 Å². The maximum Gasteiger partial charge on any atom is 0.472 e. The Balaban J connectivity index is 5.13. The van der Waals surface area contributed by atoms with Gasteiger partial charge in [-0.15, -0.1) is 0 Å². The van der Waals surface area contributed by atoms with Gasteiger partial charge in [0.25, 0.3) is 0 Å². The van der Waals surface area contributed by atoms with Crippen molar-refractivity contribution in [3.8, 4) is 0 Å². The minimum Gasteiger partial charge on any atom is -0.462 e. The molecule has 0 saturated carbocycles. The van der Waals surface area contributed by atoms with Crippen molar-refractivity contribution >= 4 is 39.5 Å². The number of carbonyl (C=O) groups is 4. The number of hydrogen-bond donors (Lipinski definition) is 3. The summed E-state index contributed by atoms with van der Waals surface area (Å²) in [6.07, 6.45) is 60.1. The number of hydrogen-bond acceptors (Lipinski definition) is 15. The van der Waals surface area contributed by atoms with Gasteiger partial charge in [-0.3, -0.25) is 37.3 Å². The van der Waals surface area contributed by atoms with E-state index in [1.165, 1.54) is 225 Å². The molecule has 0 aromatic rings. The fourth-order valence-electron chi connectivity index (χ4n) is 11.9. The van der Waals surface area contributed by atoms with Crippen molar-refractivity contribution < 1.29 is 80.2 Å². The molecule has 3 N–H and O–H groups in total. The summed E-state index contributed by atoms with van der Waals surface area (Å²) < 4.78 is 68.4. The predicted octanol–water partition coefficient (Wildman–Crippen LogP) is 22.9. The molecule has 19 heteroatoms. The summed E-state index contributed by atoms with van der Waals surface area (Å²) in [5, 5.41) is 10.6. The third-order valence-electron chi connectivity index (χ3n) is 18.0. The van der Waals surface area contributed by atoms with Crippen LogP contribution >= 0.6 is 15.6 Å². The Morgan fingerprint density at radius 1 is 0.281 bits per heavy atom. The minimum absolute atomic E-state index is 0.107. The first-order valence-electron chi connectivity index (χ1n) is 40.1. The summed E-state index contributed by atoms with van der Waals surface area (Å²) in [7, 11) is -9.90. The van der Waals surface area contributed by atoms with Gasteiger partial charge in [0.2, 0.25) is 0 Å². The number of phosphoric acid groups is 2. The Morgan fingerprint density at radius 2 is 0.479 bits per heavy atom. The van der Waals surface area contributed by atoms with Gasteiger partial charge >= 0.3 is 39.5 Å². The monoisotopic (exact) mass is 1410 g/mol. The van der Waals surface area contributed by atoms with E-state index in [1.54, 1.807) is 0 Å². The molecule has 0 heterocycles. The van der Waals surface area contributed by atoms with Gasteiger partial charge in [0, 0.05) is 25.7 Å². The second kappa shape index (κ2) is 70.1. The van der Waals surface area contributed by atoms with Crippen LogP contribution < -0.4 is 0 Å². The van der Waals surface area contributed by atoms with Crippen molar-refractivity contribution in [1.82, 2.24) is 0 Å². The highest BCUT2D eigenvalue weighted by Crippen LogP contribution is 2.45. The molecule has 17 nitrogen and oxygen atoms in total. The van der Waals surface area contributed by atoms with Crippen molar-refractivity contribution in [3.05, 3.63) is 0 Å². The van der Waals surface area contributed by atoms with E-state index in [1.807, 2.05) is 0 Å². The molecular weight excluding hydrogens is 1260 g/mol. The van der Waals surface area contributed by atoms with Gasteiger partial charge in [0.15, 0.2) is 12.2 Å². The zero-order valence-electron chi connectivity index (χ0n) is 62.5. The van der Waals surface area contributed by atoms with Crippen molar-refractivity contribution in [3.63, 3.8) is 0 Å². The van der Waals surface area contributed by atoms with Crippen LogP contribution in [0.5, 0.6) is 0 Å². The molecule has 0 spiro atoms. The Hall–Kier alpha value is -1.94. The highest BCUT2D eigenvalue weighted by atomic mass is 31.2. The van der Waals surface area contributed by atoms with Gasteiger partial charge in [-0.05, 0) is 31.6 Å². The van der Waals surface area contributed by atoms with Gasteiger partial charge < -0.3 is 33.8 Å². The third-order valence-corrected chi connectivity index (χ3v) is 19.9. The number of aliphatic hydroxyl groups is 1. The maximum absolute atomic E-state index is 13.1. The molecule has 0 aliphatic heterocycles. The molecule has 96 heavy (non-hydrogen) atoms. The molecule has 0 rings (SSSR count). The van der Waals surface area contributed by atoms with Crippen molar-refractivity contribution in [2.45, 2.75) is 425 Å². The SMILES string of the molecule is CCCCCCCCCCCCCCCCCCCCC(=O)O[C@H](COC(=O)CCCCCCCCCCCCCCCCCCC)COP(=O)(O)OC[C@@H](O)COP(=O)(O)OC[C@@H](COC(=O)CCCCCCC)OC(=O)CCCCCCCCCCCCCCCC(C)C. The molecule has 0 bridgehead atoms. The lowest BCUT2D eigenvalue weighted by molar-refractivity contribution is -0.161. The van der Waals surface area contributed by atoms with E-state index in [4.69, 9.17) is 37.0 Å². The van der Waals surface area contributed by atoms with E-state index >= 15 is 0 Å². The van der Waals surface area contributed by atoms with Crippen LogP contribution in [0, 0.1) is 5.92 Å². The van der Waals surface area contributed by atoms with E-state index in [0.717, 1.165) is 102 Å². The molecule has 0 fully saturated rings. The lowest BCUT2D eigenvalue weighted by atomic mass is 10.0. The van der Waals surface area contributed by atoms with Gasteiger partial charge in [-0.25, -0.2) is 9.13 Å². The summed E-state index contributed by atoms with van der Waals surface area (Å²) in [6, 6.07) is 0. The predicted molar refractivity (Wildman–Crippen MR) is 391 cm³/mol. The number of esters is 4. The Labute approximate surface area is 588 Å². The van der Waals surface area contributed by atoms with Crippen LogP contribution in [0.4, 0.5) is 0 Å². The van der Waals surface area contributed by atoms with Gasteiger partial charge in [-0.2, -0.15) is 0 Å². The summed E-state index contributed by atoms with van der Waals surface area (Å²) in [4.78, 5) is 72.6. The molecule has 2 unspecified atom stereocenters. The summed E-state index contributed by atoms with van der Waals surface area (Å²) in [5.41, 5.74) is 0. The first-order chi connectivity index (χ1) is 46.5. The standard InChI is InChI=1S/C77H150O17P2/c1-6-9-12-15-17-19-21-23-25-27-29-31-35-39-43-47-52-57-63-77(82)94-73(67-88-75(80)61-56-51-46-42-38-34-30-28-26-24-22-20-18-16-13-10-7-2)69-92-96(85,86)90-65-71(78)64-89-95(83,84)91-68-72(66-87-74(79)60-55-49-14-11-8-3)93-76(81)62-58-53-48-44-40-36-32-33-37-41-45-50-54-59-70(4)5/h70-73,78H,6-69H2,1-5H3,(H,83,84)(H,85,86)/t71-,72+,73+/m0/s1. The van der Waals surface area contributed by atoms with Crippen molar-refractivity contribution in [2.24, 2.45) is 5.92 Å². The highest BCUT2D eigenvalue weighted by Gasteiger charge is 2.30. The Bertz CT molecular complexity index is 1840. The summed E-state index contributed by atoms with van der Waals surface area (Å²) in [5.74, 6) is -1.34. The molecule has 0 aromatic carbocycles. The molecule has 0 aromatic heterocycles. The Kier molecular flexibility index (Phi) is 68.7. The third kappa shape index (κ3) is 70.5. The number of rotatable bonds is 77. The van der Waals surface area contributed by atoms with Crippen molar-refractivity contribution in [2.75, 3.05) is 39.6 Å². The molecular formula is C77H150O17P2. The second-order valence-electron chi connectivity index (χ2n) is 28.2. The van der Waals surface area contributed by atoms with Crippen LogP contribution in [0.25, 0.3) is 0 Å². The highest BCUT2D eigenvalue weighted by molar-refractivity contribution is 7.47. The topological polar surface area (TPSA) is 237 Å². The molecule has 0 aliphatic rings. The van der Waals surface area contributed by atoms with E-state index in [9.17, 15) is 43.2 Å². The Morgan fingerprint density at radius 3 is 0.708 bits per heavy atom. The number of ether oxygens (including phenoxy) is 4. The largest absolute Gasteiger partial charge is 0.472 e. The molecule has 570 valence electrons. The molecule has 0 saturated heterocycles. The molecule has 0 amide bonds. The van der Waals surface area contributed by atoms with Gasteiger partial charge in [0.1, 0.15) is 19.3 Å². The minimum atomic E-state index is -4.96. The van der Waals surface area contributed by atoms with E-state index in [-0.39, 0.29) is 25.7 Å². The summed E-state index contributed by atoms with van der Waals surface area (Å²) in [6.45, 7) is 7.23. The van der Waals surface area contributed by atoms with Gasteiger partial charge in [-0.1, -0.05) is 356 Å². The van der Waals surface area contributed by atoms with Gasteiger partial charge in [0.05, 0.1) is 26.4 Å². The quantitative estimate of drug-likeness (QED) is 0.0222. The number of phosphoric ester groups is 2. The van der Waals surface area contributed by atoms with Crippen LogP contribution in [-0.2, 0) is 65.4 Å². The number of aliphatic hydroxyl groups excluding tert-OH is 1. The normalized spacial score (nSPS) is 13.9. The molecule has 0 radical (unpaired) electrons. The second-order valence-corrected chi connectivity index (χ2v) is 31.1. The summed E-state index contributed by atoms with van der Waals surface area (Å²) >= 11 is 0. The van der Waals surface area contributed by atoms with E-state index < -0.39 is 97.5 Å². The first-order valence-corrected chi connectivity index (χ1v) is 43.1. The smallest absolute Gasteiger partial charge is 0.462 e. The molecule has 5 atom stereocenters. The van der Waals surface area contributed by atoms with Crippen LogP contribution in [0.3, 0.4) is 0 Å². The van der Waals surface area contributed by atoms with Crippen LogP contribution in [0.15, 0.2) is 0 Å². The number of carbonyl (C=O) groups excluding carboxylic acids is 4. The maximum atomic E-state index is 13.1. The van der Waals surface area contributed by atoms with Crippen LogP contribution in [0.1, 0.15) is 407 Å². The van der Waals surface area contributed by atoms with Crippen LogP contribution in [0.2, 0.25) is 0 Å². The van der Waals surface area contributed by atoms with Crippen LogP contribution in [-0.4, -0.2) is 96.7 Å². The zero-order valence-corrected chi connectivity index (χ0v) is 64.3. The average Bonchev–Trinajstić information content (AvgIpc) is 1.28. The van der Waals surface area contributed by atoms with Crippen molar-refractivity contribution in [1.29, 1.82) is 0 Å². The first kappa shape index (κ1) is 94.1. The lowest BCUT2D eigenvalue weighted by Crippen LogP contribution is -2.30. The fourth-order valence-corrected chi connectivity index (χ4v) is 13.5. The fraction of sp³-hybridized carbons (Fsp3) is 0.948. The number of unbranched alkanes of at least 4 members (excludes halogenated alkanes) is 49. The van der Waals surface area contributed by atoms with E-state index in [2.05, 4.69) is 34.6 Å².